The molecular weight excluding hydrogens is 194 g/mol. The van der Waals surface area contributed by atoms with E-state index >= 15 is 0 Å². The molecule has 0 amide bonds. The third-order valence-electron chi connectivity index (χ3n) is 2.37. The Kier molecular flexibility index (Phi) is 3.18. The Bertz CT molecular complexity index is 246. The highest BCUT2D eigenvalue weighted by Gasteiger charge is 2.57. The number of ketones is 1. The lowest BCUT2D eigenvalue weighted by molar-refractivity contribution is -0.148. The van der Waals surface area contributed by atoms with Crippen LogP contribution < -0.4 is 0 Å². The zero-order valence-corrected chi connectivity index (χ0v) is 7.89. The van der Waals surface area contributed by atoms with Gasteiger partial charge in [0, 0.05) is 0 Å². The van der Waals surface area contributed by atoms with Crippen LogP contribution in [0.1, 0.15) is 26.2 Å². The molecule has 0 aliphatic heterocycles. The summed E-state index contributed by atoms with van der Waals surface area (Å²) in [5.41, 5.74) is -1.53. The number of carbonyl (C=O) groups is 2. The first kappa shape index (κ1) is 11.1. The van der Waals surface area contributed by atoms with Gasteiger partial charge in [-0.05, 0) is 19.8 Å². The molecule has 0 aromatic rings. The summed E-state index contributed by atoms with van der Waals surface area (Å²) in [5, 5.41) is 0. The average Bonchev–Trinajstić information content (AvgIpc) is 2.83. The van der Waals surface area contributed by atoms with Crippen LogP contribution in [0.3, 0.4) is 0 Å². The highest BCUT2D eigenvalue weighted by atomic mass is 19.3. The molecule has 1 fully saturated rings. The summed E-state index contributed by atoms with van der Waals surface area (Å²) < 4.78 is 29.3. The number of carbonyl (C=O) groups excluding carboxylic acids is 2. The van der Waals surface area contributed by atoms with Crippen LogP contribution in [0.25, 0.3) is 0 Å². The van der Waals surface area contributed by atoms with Crippen molar-refractivity contribution in [2.24, 2.45) is 5.41 Å². The van der Waals surface area contributed by atoms with E-state index in [1.807, 2.05) is 0 Å². The quantitative estimate of drug-likeness (QED) is 0.506. The number of Topliss-reactive ketones (excluding diaryl/α,β-unsaturated/α-hetero) is 1. The minimum Gasteiger partial charge on any atom is -0.466 e. The Morgan fingerprint density at radius 1 is 1.43 bits per heavy atom. The summed E-state index contributed by atoms with van der Waals surface area (Å²) in [5.74, 6) is -1.41. The molecule has 1 aliphatic rings. The zero-order chi connectivity index (χ0) is 10.8. The van der Waals surface area contributed by atoms with Crippen molar-refractivity contribution in [2.45, 2.75) is 32.6 Å². The fourth-order valence-corrected chi connectivity index (χ4v) is 1.27. The topological polar surface area (TPSA) is 43.4 Å². The number of hydrogen-bond donors (Lipinski definition) is 0. The predicted octanol–water partition coefficient (Wildman–Crippen LogP) is 1.55. The summed E-state index contributed by atoms with van der Waals surface area (Å²) >= 11 is 0. The first-order chi connectivity index (χ1) is 6.53. The first-order valence-electron chi connectivity index (χ1n) is 4.50. The maximum atomic E-state index is 12.4. The van der Waals surface area contributed by atoms with E-state index in [0.29, 0.717) is 0 Å². The van der Waals surface area contributed by atoms with Gasteiger partial charge in [0.15, 0.2) is 5.78 Å². The summed E-state index contributed by atoms with van der Waals surface area (Å²) in [4.78, 5) is 22.1. The minimum absolute atomic E-state index is 0.161. The highest BCUT2D eigenvalue weighted by molar-refractivity contribution is 6.00. The second kappa shape index (κ2) is 4.02. The van der Waals surface area contributed by atoms with Crippen molar-refractivity contribution >= 4 is 11.8 Å². The maximum Gasteiger partial charge on any atom is 0.313 e. The second-order valence-electron chi connectivity index (χ2n) is 3.36. The van der Waals surface area contributed by atoms with E-state index in [-0.39, 0.29) is 19.4 Å². The predicted molar refractivity (Wildman–Crippen MR) is 43.9 cm³/mol. The van der Waals surface area contributed by atoms with Crippen LogP contribution in [0.2, 0.25) is 0 Å². The Hall–Kier alpha value is -1.00. The Morgan fingerprint density at radius 3 is 2.36 bits per heavy atom. The SMILES string of the molecule is CCOC(=O)CC(=O)C1(C(F)F)CC1. The minimum atomic E-state index is -2.66. The molecule has 0 bridgehead atoms. The van der Waals surface area contributed by atoms with Gasteiger partial charge in [-0.3, -0.25) is 9.59 Å². The van der Waals surface area contributed by atoms with Gasteiger partial charge in [-0.1, -0.05) is 0 Å². The summed E-state index contributed by atoms with van der Waals surface area (Å²) in [7, 11) is 0. The average molecular weight is 206 g/mol. The van der Waals surface area contributed by atoms with E-state index < -0.39 is 30.0 Å². The standard InChI is InChI=1S/C9H12F2O3/c1-2-14-7(13)5-6(12)9(3-4-9)8(10)11/h8H,2-5H2,1H3. The number of ether oxygens (including phenoxy) is 1. The van der Waals surface area contributed by atoms with Gasteiger partial charge in [0.2, 0.25) is 0 Å². The fraction of sp³-hybridized carbons (Fsp3) is 0.778. The molecule has 0 aromatic heterocycles. The van der Waals surface area contributed by atoms with Crippen molar-refractivity contribution < 1.29 is 23.1 Å². The van der Waals surface area contributed by atoms with Gasteiger partial charge in [0.1, 0.15) is 6.42 Å². The molecule has 1 rings (SSSR count). The van der Waals surface area contributed by atoms with Crippen LogP contribution in [0.5, 0.6) is 0 Å². The van der Waals surface area contributed by atoms with Gasteiger partial charge in [-0.25, -0.2) is 8.78 Å². The molecule has 0 spiro atoms. The van der Waals surface area contributed by atoms with E-state index in [9.17, 15) is 18.4 Å². The number of halogens is 2. The lowest BCUT2D eigenvalue weighted by atomic mass is 9.99. The number of rotatable bonds is 5. The van der Waals surface area contributed by atoms with Gasteiger partial charge < -0.3 is 4.74 Å². The van der Waals surface area contributed by atoms with E-state index in [1.165, 1.54) is 0 Å². The molecule has 0 heterocycles. The Labute approximate surface area is 80.4 Å². The molecule has 3 nitrogen and oxygen atoms in total. The van der Waals surface area contributed by atoms with E-state index in [1.54, 1.807) is 6.92 Å². The molecule has 0 radical (unpaired) electrons. The van der Waals surface area contributed by atoms with Gasteiger partial charge in [-0.15, -0.1) is 0 Å². The summed E-state index contributed by atoms with van der Waals surface area (Å²) in [6.45, 7) is 1.76. The third-order valence-corrected chi connectivity index (χ3v) is 2.37. The third kappa shape index (κ3) is 2.08. The number of esters is 1. The van der Waals surface area contributed by atoms with Crippen LogP contribution in [-0.2, 0) is 14.3 Å². The van der Waals surface area contributed by atoms with Gasteiger partial charge in [-0.2, -0.15) is 0 Å². The van der Waals surface area contributed by atoms with Gasteiger partial charge >= 0.3 is 5.97 Å². The van der Waals surface area contributed by atoms with Gasteiger partial charge in [0.25, 0.3) is 6.43 Å². The highest BCUT2D eigenvalue weighted by Crippen LogP contribution is 2.52. The van der Waals surface area contributed by atoms with Crippen molar-refractivity contribution in [1.29, 1.82) is 0 Å². The lowest BCUT2D eigenvalue weighted by Gasteiger charge is -2.11. The van der Waals surface area contributed by atoms with Crippen molar-refractivity contribution in [2.75, 3.05) is 6.61 Å². The maximum absolute atomic E-state index is 12.4. The van der Waals surface area contributed by atoms with Crippen LogP contribution >= 0.6 is 0 Å². The molecule has 0 saturated heterocycles. The number of alkyl halides is 2. The molecule has 14 heavy (non-hydrogen) atoms. The Balaban J connectivity index is 2.46. The van der Waals surface area contributed by atoms with Crippen molar-refractivity contribution in [3.8, 4) is 0 Å². The van der Waals surface area contributed by atoms with Crippen molar-refractivity contribution in [1.82, 2.24) is 0 Å². The molecule has 0 atom stereocenters. The molecule has 1 saturated carbocycles. The smallest absolute Gasteiger partial charge is 0.313 e. The van der Waals surface area contributed by atoms with Crippen molar-refractivity contribution in [3.63, 3.8) is 0 Å². The zero-order valence-electron chi connectivity index (χ0n) is 7.89. The fourth-order valence-electron chi connectivity index (χ4n) is 1.27. The largest absolute Gasteiger partial charge is 0.466 e. The van der Waals surface area contributed by atoms with Crippen LogP contribution in [0, 0.1) is 5.41 Å². The number of hydrogen-bond acceptors (Lipinski definition) is 3. The molecule has 0 aromatic carbocycles. The molecule has 0 unspecified atom stereocenters. The molecule has 1 aliphatic carbocycles. The molecular formula is C9H12F2O3. The van der Waals surface area contributed by atoms with Crippen molar-refractivity contribution in [3.05, 3.63) is 0 Å². The normalized spacial score (nSPS) is 18.0. The molecule has 80 valence electrons. The molecule has 5 heteroatoms. The lowest BCUT2D eigenvalue weighted by Crippen LogP contribution is -2.26. The second-order valence-corrected chi connectivity index (χ2v) is 3.36. The van der Waals surface area contributed by atoms with Gasteiger partial charge in [0.05, 0.1) is 12.0 Å². The van der Waals surface area contributed by atoms with E-state index in [0.717, 1.165) is 0 Å². The summed E-state index contributed by atoms with van der Waals surface area (Å²) in [6, 6.07) is 0. The Morgan fingerprint density at radius 2 is 2.00 bits per heavy atom. The monoisotopic (exact) mass is 206 g/mol. The van der Waals surface area contributed by atoms with Crippen LogP contribution in [0.4, 0.5) is 8.78 Å². The first-order valence-corrected chi connectivity index (χ1v) is 4.50. The van der Waals surface area contributed by atoms with Crippen LogP contribution in [0.15, 0.2) is 0 Å². The van der Waals surface area contributed by atoms with E-state index in [4.69, 9.17) is 0 Å². The summed E-state index contributed by atoms with van der Waals surface area (Å²) in [6.07, 6.45) is -2.83. The van der Waals surface area contributed by atoms with Crippen LogP contribution in [-0.4, -0.2) is 24.8 Å². The molecule has 0 N–H and O–H groups in total. The van der Waals surface area contributed by atoms with E-state index in [2.05, 4.69) is 4.74 Å².